The number of hydrogen-bond acceptors (Lipinski definition) is 4. The molecule has 0 atom stereocenters. The highest BCUT2D eigenvalue weighted by atomic mass is 16.5. The number of azide groups is 1. The fourth-order valence-electron chi connectivity index (χ4n) is 1.72. The number of carbonyl (C=O) groups is 1. The average Bonchev–Trinajstić information content (AvgIpc) is 2.49. The Hall–Kier alpha value is -2.40. The monoisotopic (exact) mass is 278 g/mol. The summed E-state index contributed by atoms with van der Waals surface area (Å²) >= 11 is 0. The van der Waals surface area contributed by atoms with Crippen LogP contribution in [0.3, 0.4) is 0 Å². The molecule has 7 heteroatoms. The largest absolute Gasteiger partial charge is 0.493 e. The topological polar surface area (TPSA) is 96.3 Å². The van der Waals surface area contributed by atoms with E-state index in [1.54, 1.807) is 18.2 Å². The maximum atomic E-state index is 12.1. The number of hydrogen-bond donors (Lipinski definition) is 1. The van der Waals surface area contributed by atoms with Crippen LogP contribution in [0.1, 0.15) is 23.2 Å². The van der Waals surface area contributed by atoms with E-state index < -0.39 is 0 Å². The lowest BCUT2D eigenvalue weighted by atomic mass is 10.1. The summed E-state index contributed by atoms with van der Waals surface area (Å²) in [4.78, 5) is 14.7. The molecule has 1 rings (SSSR count). The zero-order valence-corrected chi connectivity index (χ0v) is 11.6. The summed E-state index contributed by atoms with van der Waals surface area (Å²) in [5.41, 5.74) is 8.56. The molecule has 0 saturated carbocycles. The molecule has 0 heterocycles. The first-order valence-electron chi connectivity index (χ1n) is 6.24. The fraction of sp³-hybridized carbons (Fsp3) is 0.462. The van der Waals surface area contributed by atoms with Crippen molar-refractivity contribution in [3.8, 4) is 11.5 Å². The molecule has 0 aliphatic rings. The van der Waals surface area contributed by atoms with Crippen molar-refractivity contribution in [2.45, 2.75) is 12.8 Å². The molecule has 1 amide bonds. The molecule has 0 aliphatic carbocycles. The molecule has 0 bridgehead atoms. The second-order valence-corrected chi connectivity index (χ2v) is 3.96. The minimum Gasteiger partial charge on any atom is -0.493 e. The van der Waals surface area contributed by atoms with E-state index in [2.05, 4.69) is 15.3 Å². The predicted octanol–water partition coefficient (Wildman–Crippen LogP) is 2.52. The van der Waals surface area contributed by atoms with Gasteiger partial charge in [-0.25, -0.2) is 0 Å². The molecular formula is C13H18N4O3. The van der Waals surface area contributed by atoms with Crippen molar-refractivity contribution in [1.29, 1.82) is 0 Å². The van der Waals surface area contributed by atoms with Gasteiger partial charge in [0.2, 0.25) is 0 Å². The zero-order valence-electron chi connectivity index (χ0n) is 11.6. The smallest absolute Gasteiger partial charge is 0.255 e. The number of amides is 1. The molecule has 1 aromatic rings. The van der Waals surface area contributed by atoms with E-state index in [-0.39, 0.29) is 5.91 Å². The minimum absolute atomic E-state index is 0.218. The van der Waals surface area contributed by atoms with Crippen molar-refractivity contribution in [2.24, 2.45) is 5.11 Å². The second-order valence-electron chi connectivity index (χ2n) is 3.96. The van der Waals surface area contributed by atoms with Gasteiger partial charge < -0.3 is 14.8 Å². The number of carbonyl (C=O) groups excluding carboxylic acids is 1. The van der Waals surface area contributed by atoms with Gasteiger partial charge in [0.15, 0.2) is 11.5 Å². The SMILES string of the molecule is COc1cccc(C(=O)NCCCCN=[N+]=[N-])c1OC. The zero-order chi connectivity index (χ0) is 14.8. The number of methoxy groups -OCH3 is 2. The van der Waals surface area contributed by atoms with Crippen molar-refractivity contribution >= 4 is 5.91 Å². The van der Waals surface area contributed by atoms with E-state index in [9.17, 15) is 4.79 Å². The third-order valence-corrected chi connectivity index (χ3v) is 2.68. The van der Waals surface area contributed by atoms with Crippen molar-refractivity contribution < 1.29 is 14.3 Å². The second kappa shape index (κ2) is 8.66. The number of nitrogens with one attached hydrogen (secondary N) is 1. The van der Waals surface area contributed by atoms with Gasteiger partial charge in [0.1, 0.15) is 0 Å². The summed E-state index contributed by atoms with van der Waals surface area (Å²) < 4.78 is 10.4. The van der Waals surface area contributed by atoms with E-state index >= 15 is 0 Å². The van der Waals surface area contributed by atoms with E-state index in [0.717, 1.165) is 12.8 Å². The maximum Gasteiger partial charge on any atom is 0.255 e. The first-order valence-corrected chi connectivity index (χ1v) is 6.24. The van der Waals surface area contributed by atoms with E-state index in [1.807, 2.05) is 0 Å². The van der Waals surface area contributed by atoms with Gasteiger partial charge in [0.25, 0.3) is 5.91 Å². The van der Waals surface area contributed by atoms with Crippen molar-refractivity contribution in [1.82, 2.24) is 5.32 Å². The Morgan fingerprint density at radius 2 is 2.15 bits per heavy atom. The molecule has 7 nitrogen and oxygen atoms in total. The molecule has 0 saturated heterocycles. The summed E-state index contributed by atoms with van der Waals surface area (Å²) in [6, 6.07) is 5.14. The number of rotatable bonds is 8. The van der Waals surface area contributed by atoms with Crippen LogP contribution in [0, 0.1) is 0 Å². The molecule has 20 heavy (non-hydrogen) atoms. The Kier molecular flexibility index (Phi) is 6.78. The Bertz CT molecular complexity index is 498. The lowest BCUT2D eigenvalue weighted by Crippen LogP contribution is -2.25. The molecular weight excluding hydrogens is 260 g/mol. The first kappa shape index (κ1) is 15.7. The lowest BCUT2D eigenvalue weighted by molar-refractivity contribution is 0.0949. The van der Waals surface area contributed by atoms with Gasteiger partial charge in [-0.05, 0) is 30.5 Å². The Morgan fingerprint density at radius 1 is 1.35 bits per heavy atom. The number of ether oxygens (including phenoxy) is 2. The summed E-state index contributed by atoms with van der Waals surface area (Å²) in [6.45, 7) is 0.953. The number of benzene rings is 1. The molecule has 108 valence electrons. The quantitative estimate of drug-likeness (QED) is 0.342. The van der Waals surface area contributed by atoms with Crippen LogP contribution in [0.15, 0.2) is 23.3 Å². The Labute approximate surface area is 117 Å². The highest BCUT2D eigenvalue weighted by molar-refractivity contribution is 5.97. The molecule has 0 spiro atoms. The van der Waals surface area contributed by atoms with Crippen LogP contribution in [0.25, 0.3) is 10.4 Å². The number of nitrogens with zero attached hydrogens (tertiary/aromatic N) is 3. The maximum absolute atomic E-state index is 12.1. The normalized spacial score (nSPS) is 9.50. The summed E-state index contributed by atoms with van der Waals surface area (Å²) in [6.07, 6.45) is 1.48. The molecule has 0 radical (unpaired) electrons. The molecule has 1 aromatic carbocycles. The van der Waals surface area contributed by atoms with E-state index in [0.29, 0.717) is 30.2 Å². The molecule has 0 aromatic heterocycles. The first-order chi connectivity index (χ1) is 9.74. The van der Waals surface area contributed by atoms with Gasteiger partial charge in [0.05, 0.1) is 19.8 Å². The highest BCUT2D eigenvalue weighted by Gasteiger charge is 2.15. The Morgan fingerprint density at radius 3 is 2.80 bits per heavy atom. The third kappa shape index (κ3) is 4.37. The third-order valence-electron chi connectivity index (χ3n) is 2.68. The van der Waals surface area contributed by atoms with E-state index in [4.69, 9.17) is 15.0 Å². The van der Waals surface area contributed by atoms with Gasteiger partial charge in [-0.2, -0.15) is 0 Å². The summed E-state index contributed by atoms with van der Waals surface area (Å²) in [5.74, 6) is 0.717. The van der Waals surface area contributed by atoms with Crippen molar-refractivity contribution in [2.75, 3.05) is 27.3 Å². The molecule has 1 N–H and O–H groups in total. The molecule has 0 fully saturated rings. The fourth-order valence-corrected chi connectivity index (χ4v) is 1.72. The van der Waals surface area contributed by atoms with Crippen LogP contribution in [-0.4, -0.2) is 33.2 Å². The van der Waals surface area contributed by atoms with Crippen LogP contribution < -0.4 is 14.8 Å². The van der Waals surface area contributed by atoms with Gasteiger partial charge in [-0.3, -0.25) is 4.79 Å². The van der Waals surface area contributed by atoms with Gasteiger partial charge in [0, 0.05) is 18.0 Å². The highest BCUT2D eigenvalue weighted by Crippen LogP contribution is 2.30. The molecule has 0 aliphatic heterocycles. The predicted molar refractivity (Wildman–Crippen MR) is 75.1 cm³/mol. The van der Waals surface area contributed by atoms with Crippen LogP contribution in [0.5, 0.6) is 11.5 Å². The standard InChI is InChI=1S/C13H18N4O3/c1-19-11-7-5-6-10(12(11)20-2)13(18)15-8-3-4-9-16-17-14/h5-7H,3-4,8-9H2,1-2H3,(H,15,18). The van der Waals surface area contributed by atoms with E-state index in [1.165, 1.54) is 14.2 Å². The Balaban J connectivity index is 2.57. The minimum atomic E-state index is -0.218. The van der Waals surface area contributed by atoms with Crippen LogP contribution >= 0.6 is 0 Å². The average molecular weight is 278 g/mol. The molecule has 0 unspecified atom stereocenters. The van der Waals surface area contributed by atoms with Crippen LogP contribution in [-0.2, 0) is 0 Å². The van der Waals surface area contributed by atoms with Gasteiger partial charge in [-0.1, -0.05) is 11.2 Å². The van der Waals surface area contributed by atoms with Crippen molar-refractivity contribution in [3.63, 3.8) is 0 Å². The summed E-state index contributed by atoms with van der Waals surface area (Å²) in [5, 5.41) is 6.22. The van der Waals surface area contributed by atoms with Crippen molar-refractivity contribution in [3.05, 3.63) is 34.2 Å². The van der Waals surface area contributed by atoms with Gasteiger partial charge in [-0.15, -0.1) is 0 Å². The lowest BCUT2D eigenvalue weighted by Gasteiger charge is -2.12. The van der Waals surface area contributed by atoms with Crippen LogP contribution in [0.4, 0.5) is 0 Å². The number of unbranched alkanes of at least 4 members (excludes halogenated alkanes) is 1. The van der Waals surface area contributed by atoms with Crippen LogP contribution in [0.2, 0.25) is 0 Å². The summed E-state index contributed by atoms with van der Waals surface area (Å²) in [7, 11) is 3.02. The number of para-hydroxylation sites is 1. The van der Waals surface area contributed by atoms with Gasteiger partial charge >= 0.3 is 0 Å².